The number of benzene rings is 1. The molecule has 0 saturated heterocycles. The summed E-state index contributed by atoms with van der Waals surface area (Å²) in [7, 11) is 1.80. The smallest absolute Gasteiger partial charge is 0.144 e. The maximum Gasteiger partial charge on any atom is 0.144 e. The molecule has 1 aliphatic heterocycles. The van der Waals surface area contributed by atoms with Crippen LogP contribution in [0, 0.1) is 5.82 Å². The third-order valence-electron chi connectivity index (χ3n) is 4.48. The Labute approximate surface area is 159 Å². The molecule has 1 aliphatic rings. The minimum Gasteiger partial charge on any atom is -0.392 e. The Bertz CT molecular complexity index is 729. The number of hydrogen-bond acceptors (Lipinski definition) is 4. The highest BCUT2D eigenvalue weighted by molar-refractivity contribution is 6.10. The quantitative estimate of drug-likeness (QED) is 0.658. The zero-order valence-corrected chi connectivity index (χ0v) is 16.2. The van der Waals surface area contributed by atoms with E-state index in [4.69, 9.17) is 4.74 Å². The third-order valence-corrected chi connectivity index (χ3v) is 4.48. The topological polar surface area (TPSA) is 45.1 Å². The second-order valence-corrected chi connectivity index (χ2v) is 6.72. The molecular formula is C21H28F2N2O2. The summed E-state index contributed by atoms with van der Waals surface area (Å²) in [6.07, 6.45) is 4.81. The van der Waals surface area contributed by atoms with Crippen molar-refractivity contribution in [3.8, 4) is 0 Å². The molecule has 0 spiro atoms. The van der Waals surface area contributed by atoms with Gasteiger partial charge in [-0.1, -0.05) is 31.5 Å². The van der Waals surface area contributed by atoms with Crippen LogP contribution in [0.4, 0.5) is 8.78 Å². The minimum absolute atomic E-state index is 0.0313. The summed E-state index contributed by atoms with van der Waals surface area (Å²) in [5.41, 5.74) is 1.17. The van der Waals surface area contributed by atoms with E-state index in [0.717, 1.165) is 12.8 Å². The molecule has 1 aromatic carbocycles. The second kappa shape index (κ2) is 10.3. The van der Waals surface area contributed by atoms with Crippen LogP contribution in [0.3, 0.4) is 0 Å². The molecule has 27 heavy (non-hydrogen) atoms. The zero-order chi connectivity index (χ0) is 19.8. The molecule has 0 aliphatic carbocycles. The highest BCUT2D eigenvalue weighted by Crippen LogP contribution is 2.25. The van der Waals surface area contributed by atoms with E-state index in [9.17, 15) is 13.9 Å². The molecule has 6 heteroatoms. The van der Waals surface area contributed by atoms with Crippen molar-refractivity contribution in [1.82, 2.24) is 4.90 Å². The molecule has 0 fully saturated rings. The summed E-state index contributed by atoms with van der Waals surface area (Å²) in [4.78, 5) is 6.05. The first-order valence-electron chi connectivity index (χ1n) is 9.29. The Morgan fingerprint density at radius 2 is 2.11 bits per heavy atom. The first-order chi connectivity index (χ1) is 13.0. The Morgan fingerprint density at radius 1 is 1.33 bits per heavy atom. The summed E-state index contributed by atoms with van der Waals surface area (Å²) >= 11 is 0. The maximum absolute atomic E-state index is 14.8. The fraction of sp³-hybridized carbons (Fsp3) is 0.476. The Kier molecular flexibility index (Phi) is 8.13. The van der Waals surface area contributed by atoms with Crippen LogP contribution in [0.15, 0.2) is 40.8 Å². The van der Waals surface area contributed by atoms with Crippen molar-refractivity contribution < 1.29 is 18.6 Å². The van der Waals surface area contributed by atoms with Crippen LogP contribution in [0.25, 0.3) is 5.57 Å². The fourth-order valence-corrected chi connectivity index (χ4v) is 2.92. The summed E-state index contributed by atoms with van der Waals surface area (Å²) in [5, 5.41) is 9.23. The van der Waals surface area contributed by atoms with Crippen LogP contribution < -0.4 is 0 Å². The Morgan fingerprint density at radius 3 is 2.81 bits per heavy atom. The lowest BCUT2D eigenvalue weighted by atomic mass is 10.0. The average molecular weight is 378 g/mol. The highest BCUT2D eigenvalue weighted by atomic mass is 19.1. The van der Waals surface area contributed by atoms with Gasteiger partial charge in [-0.3, -0.25) is 4.99 Å². The number of nitrogens with zero attached hydrogens (tertiary/aromatic N) is 2. The number of aliphatic hydroxyl groups is 1. The number of allylic oxidation sites excluding steroid dienone is 3. The van der Waals surface area contributed by atoms with Gasteiger partial charge in [-0.15, -0.1) is 0 Å². The normalized spacial score (nSPS) is 15.6. The lowest BCUT2D eigenvalue weighted by Crippen LogP contribution is -2.30. The van der Waals surface area contributed by atoms with Gasteiger partial charge < -0.3 is 14.7 Å². The van der Waals surface area contributed by atoms with Crippen LogP contribution in [-0.2, 0) is 11.3 Å². The van der Waals surface area contributed by atoms with Gasteiger partial charge in [0.05, 0.1) is 25.0 Å². The summed E-state index contributed by atoms with van der Waals surface area (Å²) in [6, 6.07) is 4.68. The standard InChI is InChI=1S/C21H28F2N2O2/c1-4-5-9-27-15(2)13-25(3)20-12-24-11-17(10-19(20)22)18-8-6-7-16(14-26)21(18)23/h6-8,10-11,15,26H,4-5,9,12-14H2,1-3H3. The van der Waals surface area contributed by atoms with Crippen molar-refractivity contribution in [2.75, 3.05) is 26.7 Å². The molecule has 1 aromatic rings. The van der Waals surface area contributed by atoms with Crippen molar-refractivity contribution in [2.45, 2.75) is 39.4 Å². The first kappa shape index (κ1) is 21.3. The third kappa shape index (κ3) is 5.71. The van der Waals surface area contributed by atoms with Crippen LogP contribution in [0.5, 0.6) is 0 Å². The van der Waals surface area contributed by atoms with E-state index in [0.29, 0.717) is 24.4 Å². The molecule has 0 amide bonds. The molecular weight excluding hydrogens is 350 g/mol. The number of aliphatic imine (C=N–C) groups is 1. The van der Waals surface area contributed by atoms with Gasteiger partial charge in [-0.05, 0) is 19.4 Å². The first-order valence-corrected chi connectivity index (χ1v) is 9.29. The van der Waals surface area contributed by atoms with Gasteiger partial charge in [-0.2, -0.15) is 0 Å². The zero-order valence-electron chi connectivity index (χ0n) is 16.2. The molecule has 0 bridgehead atoms. The summed E-state index contributed by atoms with van der Waals surface area (Å²) < 4.78 is 35.0. The Hall–Kier alpha value is -2.05. The van der Waals surface area contributed by atoms with Gasteiger partial charge >= 0.3 is 0 Å². The van der Waals surface area contributed by atoms with E-state index >= 15 is 0 Å². The number of aliphatic hydroxyl groups excluding tert-OH is 1. The molecule has 2 rings (SSSR count). The number of likely N-dealkylation sites (N-methyl/N-ethyl adjacent to an activating group) is 1. The van der Waals surface area contributed by atoms with Crippen LogP contribution in [0.2, 0.25) is 0 Å². The van der Waals surface area contributed by atoms with Gasteiger partial charge in [-0.25, -0.2) is 8.78 Å². The monoisotopic (exact) mass is 378 g/mol. The lowest BCUT2D eigenvalue weighted by molar-refractivity contribution is 0.0472. The molecule has 1 heterocycles. The summed E-state index contributed by atoms with van der Waals surface area (Å²) in [6.45, 7) is 5.06. The molecule has 1 N–H and O–H groups in total. The number of halogens is 2. The minimum atomic E-state index is -0.555. The molecule has 0 radical (unpaired) electrons. The maximum atomic E-state index is 14.8. The molecule has 0 saturated carbocycles. The van der Waals surface area contributed by atoms with Gasteiger partial charge in [0.2, 0.25) is 0 Å². The van der Waals surface area contributed by atoms with Gasteiger partial charge in [0.1, 0.15) is 11.6 Å². The number of hydrogen-bond donors (Lipinski definition) is 1. The predicted molar refractivity (Wildman–Crippen MR) is 105 cm³/mol. The molecule has 1 atom stereocenters. The van der Waals surface area contributed by atoms with Crippen molar-refractivity contribution in [3.05, 3.63) is 52.7 Å². The van der Waals surface area contributed by atoms with Crippen molar-refractivity contribution in [2.24, 2.45) is 4.99 Å². The van der Waals surface area contributed by atoms with E-state index in [1.807, 2.05) is 6.92 Å². The molecule has 148 valence electrons. The van der Waals surface area contributed by atoms with E-state index in [1.165, 1.54) is 18.4 Å². The van der Waals surface area contributed by atoms with E-state index in [2.05, 4.69) is 11.9 Å². The number of ether oxygens (including phenoxy) is 1. The van der Waals surface area contributed by atoms with E-state index in [1.54, 1.807) is 24.1 Å². The number of rotatable bonds is 9. The summed E-state index contributed by atoms with van der Waals surface area (Å²) in [5.74, 6) is -1.00. The molecule has 1 unspecified atom stereocenters. The average Bonchev–Trinajstić information content (AvgIpc) is 2.83. The molecule has 0 aromatic heterocycles. The van der Waals surface area contributed by atoms with E-state index < -0.39 is 18.3 Å². The second-order valence-electron chi connectivity index (χ2n) is 6.72. The van der Waals surface area contributed by atoms with Crippen LogP contribution in [0.1, 0.15) is 37.8 Å². The van der Waals surface area contributed by atoms with Gasteiger partial charge in [0.25, 0.3) is 0 Å². The largest absolute Gasteiger partial charge is 0.392 e. The van der Waals surface area contributed by atoms with Crippen molar-refractivity contribution in [1.29, 1.82) is 0 Å². The van der Waals surface area contributed by atoms with Crippen LogP contribution in [-0.4, -0.2) is 49.1 Å². The Balaban J connectivity index is 2.19. The van der Waals surface area contributed by atoms with Gasteiger partial charge in [0, 0.05) is 43.1 Å². The van der Waals surface area contributed by atoms with Crippen molar-refractivity contribution in [3.63, 3.8) is 0 Å². The number of unbranched alkanes of at least 4 members (excludes halogenated alkanes) is 1. The van der Waals surface area contributed by atoms with Crippen molar-refractivity contribution >= 4 is 11.8 Å². The molecule has 4 nitrogen and oxygen atoms in total. The fourth-order valence-electron chi connectivity index (χ4n) is 2.92. The lowest BCUT2D eigenvalue weighted by Gasteiger charge is -2.25. The van der Waals surface area contributed by atoms with Gasteiger partial charge in [0.15, 0.2) is 0 Å². The predicted octanol–water partition coefficient (Wildman–Crippen LogP) is 4.10. The van der Waals surface area contributed by atoms with E-state index in [-0.39, 0.29) is 23.8 Å². The highest BCUT2D eigenvalue weighted by Gasteiger charge is 2.18. The van der Waals surface area contributed by atoms with Crippen LogP contribution >= 0.6 is 0 Å². The SMILES string of the molecule is CCCCOC(C)CN(C)C1=C(F)C=C(c2cccc(CO)c2F)C=NC1.